The third-order valence-electron chi connectivity index (χ3n) is 3.97. The van der Waals surface area contributed by atoms with Crippen LogP contribution in [0.4, 0.5) is 0 Å². The van der Waals surface area contributed by atoms with E-state index in [1.54, 1.807) is 18.3 Å². The molecular formula is C21H19N3O2. The number of hydrogen-bond donors (Lipinski definition) is 1. The molecule has 0 radical (unpaired) electrons. The van der Waals surface area contributed by atoms with E-state index in [0.29, 0.717) is 5.71 Å². The van der Waals surface area contributed by atoms with E-state index in [9.17, 15) is 9.59 Å². The fourth-order valence-corrected chi connectivity index (χ4v) is 2.53. The van der Waals surface area contributed by atoms with Gasteiger partial charge >= 0.3 is 0 Å². The quantitative estimate of drug-likeness (QED) is 0.571. The predicted octanol–water partition coefficient (Wildman–Crippen LogP) is 3.06. The molecule has 26 heavy (non-hydrogen) atoms. The molecule has 3 rings (SSSR count). The van der Waals surface area contributed by atoms with Gasteiger partial charge in [-0.15, -0.1) is 0 Å². The Hall–Kier alpha value is -3.47. The highest BCUT2D eigenvalue weighted by Gasteiger charge is 2.04. The molecule has 1 aromatic heterocycles. The van der Waals surface area contributed by atoms with Gasteiger partial charge in [-0.1, -0.05) is 60.7 Å². The first-order valence-electron chi connectivity index (χ1n) is 8.28. The number of rotatable bonds is 5. The van der Waals surface area contributed by atoms with Crippen molar-refractivity contribution in [1.82, 2.24) is 9.99 Å². The number of pyridine rings is 1. The number of hydrogen-bond acceptors (Lipinski definition) is 3. The molecule has 1 heterocycles. The average molecular weight is 345 g/mol. The van der Waals surface area contributed by atoms with Crippen LogP contribution in [0.15, 0.2) is 88.9 Å². The van der Waals surface area contributed by atoms with Crippen LogP contribution >= 0.6 is 0 Å². The first-order valence-corrected chi connectivity index (χ1v) is 8.28. The van der Waals surface area contributed by atoms with Crippen LogP contribution in [-0.4, -0.2) is 16.2 Å². The van der Waals surface area contributed by atoms with Crippen LogP contribution in [-0.2, 0) is 11.3 Å². The highest BCUT2D eigenvalue weighted by atomic mass is 16.2. The second kappa shape index (κ2) is 8.07. The molecule has 1 N–H and O–H groups in total. The summed E-state index contributed by atoms with van der Waals surface area (Å²) in [5.74, 6) is -0.349. The van der Waals surface area contributed by atoms with Crippen molar-refractivity contribution in [2.45, 2.75) is 13.5 Å². The number of carbonyl (C=O) groups excluding carboxylic acids is 1. The van der Waals surface area contributed by atoms with Crippen LogP contribution in [0.25, 0.3) is 11.1 Å². The minimum absolute atomic E-state index is 0.0661. The molecule has 3 aromatic rings. The highest BCUT2D eigenvalue weighted by molar-refractivity contribution is 5.99. The van der Waals surface area contributed by atoms with Gasteiger partial charge < -0.3 is 4.57 Å². The van der Waals surface area contributed by atoms with Gasteiger partial charge in [0.15, 0.2) is 0 Å². The summed E-state index contributed by atoms with van der Waals surface area (Å²) in [6, 6.07) is 22.8. The summed E-state index contributed by atoms with van der Waals surface area (Å²) in [4.78, 5) is 23.6. The Bertz CT molecular complexity index is 974. The molecule has 0 spiro atoms. The third-order valence-corrected chi connectivity index (χ3v) is 3.97. The highest BCUT2D eigenvalue weighted by Crippen LogP contribution is 2.19. The van der Waals surface area contributed by atoms with E-state index in [1.807, 2.05) is 49.4 Å². The third kappa shape index (κ3) is 4.33. The van der Waals surface area contributed by atoms with Gasteiger partial charge in [0.05, 0.1) is 5.71 Å². The fraction of sp³-hybridized carbons (Fsp3) is 0.0952. The summed E-state index contributed by atoms with van der Waals surface area (Å²) >= 11 is 0. The summed E-state index contributed by atoms with van der Waals surface area (Å²) in [6.45, 7) is 1.76. The number of aromatic nitrogens is 1. The zero-order valence-electron chi connectivity index (χ0n) is 14.4. The molecule has 0 saturated carbocycles. The number of nitrogens with zero attached hydrogens (tertiary/aromatic N) is 2. The number of amides is 1. The standard InChI is InChI=1S/C21H19N3O2/c1-16(22-23-20(25)15-24-14-6-5-9-21(24)26)17-10-12-19(13-11-17)18-7-3-2-4-8-18/h2-14H,15H2,1H3,(H,23,25)/b22-16-. The molecular weight excluding hydrogens is 326 g/mol. The summed E-state index contributed by atoms with van der Waals surface area (Å²) < 4.78 is 1.33. The number of nitrogens with one attached hydrogen (secondary N) is 1. The molecule has 0 aliphatic rings. The lowest BCUT2D eigenvalue weighted by Crippen LogP contribution is -2.29. The molecule has 0 saturated heterocycles. The van der Waals surface area contributed by atoms with Crippen molar-refractivity contribution in [3.63, 3.8) is 0 Å². The van der Waals surface area contributed by atoms with Crippen LogP contribution < -0.4 is 11.0 Å². The van der Waals surface area contributed by atoms with Gasteiger partial charge in [0.2, 0.25) is 0 Å². The molecule has 1 amide bonds. The van der Waals surface area contributed by atoms with Crippen LogP contribution in [0, 0.1) is 0 Å². The maximum Gasteiger partial charge on any atom is 0.260 e. The second-order valence-electron chi connectivity index (χ2n) is 5.84. The van der Waals surface area contributed by atoms with Gasteiger partial charge in [0.1, 0.15) is 6.54 Å². The lowest BCUT2D eigenvalue weighted by Gasteiger charge is -2.06. The molecule has 5 nitrogen and oxygen atoms in total. The molecule has 5 heteroatoms. The fourth-order valence-electron chi connectivity index (χ4n) is 2.53. The zero-order valence-corrected chi connectivity index (χ0v) is 14.4. The Labute approximate surface area is 151 Å². The predicted molar refractivity (Wildman–Crippen MR) is 103 cm³/mol. The van der Waals surface area contributed by atoms with Crippen LogP contribution in [0.5, 0.6) is 0 Å². The normalized spacial score (nSPS) is 11.2. The second-order valence-corrected chi connectivity index (χ2v) is 5.84. The minimum Gasteiger partial charge on any atom is -0.306 e. The van der Waals surface area contributed by atoms with Gasteiger partial charge in [-0.2, -0.15) is 5.10 Å². The monoisotopic (exact) mass is 345 g/mol. The number of benzene rings is 2. The van der Waals surface area contributed by atoms with Gasteiger partial charge in [0, 0.05) is 12.3 Å². The Balaban J connectivity index is 1.65. The minimum atomic E-state index is -0.349. The number of carbonyl (C=O) groups is 1. The van der Waals surface area contributed by atoms with Crippen molar-refractivity contribution in [3.05, 3.63) is 94.9 Å². The number of hydrazone groups is 1. The van der Waals surface area contributed by atoms with Crippen LogP contribution in [0.3, 0.4) is 0 Å². The van der Waals surface area contributed by atoms with E-state index in [2.05, 4.69) is 22.7 Å². The molecule has 0 fully saturated rings. The molecule has 0 aliphatic carbocycles. The van der Waals surface area contributed by atoms with E-state index in [0.717, 1.165) is 16.7 Å². The summed E-state index contributed by atoms with van der Waals surface area (Å²) in [6.07, 6.45) is 1.57. The Morgan fingerprint density at radius 2 is 1.58 bits per heavy atom. The van der Waals surface area contributed by atoms with Crippen molar-refractivity contribution in [1.29, 1.82) is 0 Å². The lowest BCUT2D eigenvalue weighted by molar-refractivity contribution is -0.121. The maximum absolute atomic E-state index is 12.0. The van der Waals surface area contributed by atoms with Crippen molar-refractivity contribution < 1.29 is 4.79 Å². The topological polar surface area (TPSA) is 63.5 Å². The summed E-state index contributed by atoms with van der Waals surface area (Å²) in [7, 11) is 0. The van der Waals surface area contributed by atoms with Gasteiger partial charge in [-0.05, 0) is 29.7 Å². The zero-order chi connectivity index (χ0) is 18.4. The Morgan fingerprint density at radius 1 is 0.923 bits per heavy atom. The smallest absolute Gasteiger partial charge is 0.260 e. The van der Waals surface area contributed by atoms with E-state index in [1.165, 1.54) is 10.6 Å². The lowest BCUT2D eigenvalue weighted by atomic mass is 10.0. The van der Waals surface area contributed by atoms with E-state index >= 15 is 0 Å². The first kappa shape index (κ1) is 17.4. The first-order chi connectivity index (χ1) is 12.6. The van der Waals surface area contributed by atoms with Crippen LogP contribution in [0.1, 0.15) is 12.5 Å². The van der Waals surface area contributed by atoms with Crippen molar-refractivity contribution in [2.24, 2.45) is 5.10 Å². The molecule has 2 aromatic carbocycles. The largest absolute Gasteiger partial charge is 0.306 e. The molecule has 0 unspecified atom stereocenters. The molecule has 0 atom stereocenters. The van der Waals surface area contributed by atoms with Crippen molar-refractivity contribution in [3.8, 4) is 11.1 Å². The average Bonchev–Trinajstić information content (AvgIpc) is 2.69. The maximum atomic E-state index is 12.0. The SMILES string of the molecule is C/C(=N/NC(=O)Cn1ccccc1=O)c1ccc(-c2ccccc2)cc1. The van der Waals surface area contributed by atoms with Gasteiger partial charge in [-0.3, -0.25) is 9.59 Å². The van der Waals surface area contributed by atoms with Gasteiger partial charge in [0.25, 0.3) is 11.5 Å². The van der Waals surface area contributed by atoms with E-state index in [4.69, 9.17) is 0 Å². The van der Waals surface area contributed by atoms with Crippen LogP contribution in [0.2, 0.25) is 0 Å². The van der Waals surface area contributed by atoms with E-state index in [-0.39, 0.29) is 18.0 Å². The van der Waals surface area contributed by atoms with Crippen molar-refractivity contribution in [2.75, 3.05) is 0 Å². The molecule has 130 valence electrons. The molecule has 0 aliphatic heterocycles. The summed E-state index contributed by atoms with van der Waals surface area (Å²) in [5.41, 5.74) is 6.15. The Kier molecular flexibility index (Phi) is 5.39. The Morgan fingerprint density at radius 3 is 2.27 bits per heavy atom. The molecule has 0 bridgehead atoms. The van der Waals surface area contributed by atoms with Gasteiger partial charge in [-0.25, -0.2) is 5.43 Å². The summed E-state index contributed by atoms with van der Waals surface area (Å²) in [5, 5.41) is 4.12. The van der Waals surface area contributed by atoms with E-state index < -0.39 is 0 Å². The van der Waals surface area contributed by atoms with Crippen molar-refractivity contribution >= 4 is 11.6 Å².